The maximum absolute atomic E-state index is 13.2. The van der Waals surface area contributed by atoms with Crippen molar-refractivity contribution in [1.29, 1.82) is 0 Å². The number of carbonyl (C=O) groups is 2. The van der Waals surface area contributed by atoms with Crippen molar-refractivity contribution in [2.45, 2.75) is 78.4 Å². The van der Waals surface area contributed by atoms with Gasteiger partial charge in [0.05, 0.1) is 13.2 Å². The lowest BCUT2D eigenvalue weighted by molar-refractivity contribution is 0.0234. The first-order chi connectivity index (χ1) is 15.7. The monoisotopic (exact) mass is 490 g/mol. The second-order valence-corrected chi connectivity index (χ2v) is 10.3. The van der Waals surface area contributed by atoms with E-state index in [1.54, 1.807) is 41.5 Å². The molecule has 2 aliphatic rings. The molecule has 2 aliphatic heterocycles. The minimum absolute atomic E-state index is 0.210. The molecule has 2 rings (SSSR count). The van der Waals surface area contributed by atoms with Crippen LogP contribution in [-0.2, 0) is 9.47 Å². The highest BCUT2D eigenvalue weighted by Crippen LogP contribution is 2.23. The zero-order chi connectivity index (χ0) is 26.1. The molecule has 0 atom stereocenters. The van der Waals surface area contributed by atoms with Gasteiger partial charge in [0.25, 0.3) is 0 Å². The number of halogens is 2. The molecule has 196 valence electrons. The van der Waals surface area contributed by atoms with Gasteiger partial charge in [-0.25, -0.2) is 18.4 Å². The molecular formula is C24H40F2N2O6. The third-order valence-electron chi connectivity index (χ3n) is 4.92. The predicted octanol–water partition coefficient (Wildman–Crippen LogP) is 4.47. The van der Waals surface area contributed by atoms with Crippen LogP contribution in [0.5, 0.6) is 0 Å². The van der Waals surface area contributed by atoms with Gasteiger partial charge in [0.15, 0.2) is 0 Å². The van der Waals surface area contributed by atoms with Gasteiger partial charge in [-0.15, -0.1) is 0 Å². The van der Waals surface area contributed by atoms with E-state index in [-0.39, 0.29) is 13.1 Å². The number of hydrogen-bond acceptors (Lipinski definition) is 6. The Bertz CT molecular complexity index is 704. The average Bonchev–Trinajstić information content (AvgIpc) is 2.76. The van der Waals surface area contributed by atoms with Gasteiger partial charge >= 0.3 is 12.2 Å². The molecule has 2 N–H and O–H groups in total. The fourth-order valence-corrected chi connectivity index (χ4v) is 3.37. The molecule has 0 aromatic rings. The molecule has 0 spiro atoms. The van der Waals surface area contributed by atoms with Crippen LogP contribution in [0.2, 0.25) is 0 Å². The maximum atomic E-state index is 13.2. The number of rotatable bonds is 2. The van der Waals surface area contributed by atoms with E-state index in [1.807, 2.05) is 0 Å². The topological polar surface area (TPSA) is 99.5 Å². The van der Waals surface area contributed by atoms with Crippen LogP contribution < -0.4 is 0 Å². The Hall–Kier alpha value is -2.20. The molecule has 34 heavy (non-hydrogen) atoms. The summed E-state index contributed by atoms with van der Waals surface area (Å²) in [6, 6.07) is 0. The Labute approximate surface area is 201 Å². The van der Waals surface area contributed by atoms with Crippen LogP contribution >= 0.6 is 0 Å². The number of aliphatic hydroxyl groups is 2. The Morgan fingerprint density at radius 2 is 1.09 bits per heavy atom. The third kappa shape index (κ3) is 10.8. The number of aliphatic hydroxyl groups excluding tert-OH is 2. The molecule has 0 saturated carbocycles. The molecule has 0 bridgehead atoms. The molecule has 2 amide bonds. The minimum Gasteiger partial charge on any atom is -0.444 e. The van der Waals surface area contributed by atoms with E-state index < -0.39 is 48.3 Å². The highest BCUT2D eigenvalue weighted by atomic mass is 19.1. The van der Waals surface area contributed by atoms with E-state index in [0.29, 0.717) is 49.9 Å². The third-order valence-corrected chi connectivity index (χ3v) is 4.92. The summed E-state index contributed by atoms with van der Waals surface area (Å²) in [5.41, 5.74) is -0.115. The second-order valence-electron chi connectivity index (χ2n) is 10.3. The van der Waals surface area contributed by atoms with E-state index in [0.717, 1.165) is 0 Å². The molecular weight excluding hydrogens is 450 g/mol. The largest absolute Gasteiger partial charge is 0.444 e. The Morgan fingerprint density at radius 1 is 0.765 bits per heavy atom. The van der Waals surface area contributed by atoms with Crippen LogP contribution in [0.1, 0.15) is 67.2 Å². The number of piperidine rings is 2. The van der Waals surface area contributed by atoms with Crippen molar-refractivity contribution >= 4 is 12.2 Å². The van der Waals surface area contributed by atoms with Crippen LogP contribution in [0.4, 0.5) is 18.4 Å². The fourth-order valence-electron chi connectivity index (χ4n) is 3.37. The van der Waals surface area contributed by atoms with Crippen LogP contribution in [0.3, 0.4) is 0 Å². The standard InChI is InChI=1S/2C12H20FNO3/c2*1-12(2,3)17-11(16)14-6-4-5-9(7-14)10(13)8-15/h2*15H,4-8H2,1-3H3/b10-9+;10-9-. The first-order valence-electron chi connectivity index (χ1n) is 11.6. The van der Waals surface area contributed by atoms with E-state index >= 15 is 0 Å². The van der Waals surface area contributed by atoms with Crippen LogP contribution in [0.25, 0.3) is 0 Å². The lowest BCUT2D eigenvalue weighted by Crippen LogP contribution is -2.40. The van der Waals surface area contributed by atoms with Crippen molar-refractivity contribution in [2.75, 3.05) is 39.4 Å². The van der Waals surface area contributed by atoms with E-state index in [2.05, 4.69) is 0 Å². The van der Waals surface area contributed by atoms with E-state index in [9.17, 15) is 18.4 Å². The number of carbonyl (C=O) groups excluding carboxylic acids is 2. The highest BCUT2D eigenvalue weighted by Gasteiger charge is 2.27. The van der Waals surface area contributed by atoms with Crippen molar-refractivity contribution in [2.24, 2.45) is 0 Å². The van der Waals surface area contributed by atoms with Gasteiger partial charge in [-0.2, -0.15) is 0 Å². The van der Waals surface area contributed by atoms with Gasteiger partial charge in [0.1, 0.15) is 22.9 Å². The Kier molecular flexibility index (Phi) is 11.4. The Balaban J connectivity index is 0.000000340. The molecule has 8 nitrogen and oxygen atoms in total. The van der Waals surface area contributed by atoms with Gasteiger partial charge in [-0.05, 0) is 78.4 Å². The number of amides is 2. The van der Waals surface area contributed by atoms with Crippen molar-refractivity contribution in [3.63, 3.8) is 0 Å². The summed E-state index contributed by atoms with van der Waals surface area (Å²) in [6.45, 7) is 11.1. The zero-order valence-electron chi connectivity index (χ0n) is 21.2. The van der Waals surface area contributed by atoms with Crippen molar-refractivity contribution in [1.82, 2.24) is 9.80 Å². The fraction of sp³-hybridized carbons (Fsp3) is 0.750. The van der Waals surface area contributed by atoms with E-state index in [4.69, 9.17) is 19.7 Å². The van der Waals surface area contributed by atoms with Crippen molar-refractivity contribution in [3.05, 3.63) is 22.8 Å². The average molecular weight is 491 g/mol. The van der Waals surface area contributed by atoms with Gasteiger partial charge < -0.3 is 29.5 Å². The molecule has 0 aliphatic carbocycles. The van der Waals surface area contributed by atoms with Crippen molar-refractivity contribution < 1.29 is 38.1 Å². The summed E-state index contributed by atoms with van der Waals surface area (Å²) < 4.78 is 36.9. The minimum atomic E-state index is -0.600. The van der Waals surface area contributed by atoms with Crippen LogP contribution in [0.15, 0.2) is 22.8 Å². The normalized spacial score (nSPS) is 20.2. The van der Waals surface area contributed by atoms with Crippen LogP contribution in [0, 0.1) is 0 Å². The number of nitrogens with zero attached hydrogens (tertiary/aromatic N) is 2. The summed E-state index contributed by atoms with van der Waals surface area (Å²) in [5.74, 6) is -1.06. The van der Waals surface area contributed by atoms with Crippen molar-refractivity contribution in [3.8, 4) is 0 Å². The van der Waals surface area contributed by atoms with Gasteiger partial charge in [0, 0.05) is 26.2 Å². The lowest BCUT2D eigenvalue weighted by atomic mass is 10.0. The molecule has 0 aromatic heterocycles. The highest BCUT2D eigenvalue weighted by molar-refractivity contribution is 5.69. The molecule has 0 aromatic carbocycles. The maximum Gasteiger partial charge on any atom is 0.410 e. The second kappa shape index (κ2) is 13.0. The first-order valence-corrected chi connectivity index (χ1v) is 11.6. The smallest absolute Gasteiger partial charge is 0.410 e. The quantitative estimate of drug-likeness (QED) is 0.593. The summed E-state index contributed by atoms with van der Waals surface area (Å²) in [4.78, 5) is 26.5. The molecule has 2 saturated heterocycles. The number of hydrogen-bond donors (Lipinski definition) is 2. The molecule has 0 radical (unpaired) electrons. The number of likely N-dealkylation sites (tertiary alicyclic amines) is 2. The summed E-state index contributed by atoms with van der Waals surface area (Å²) in [7, 11) is 0. The molecule has 2 heterocycles. The summed E-state index contributed by atoms with van der Waals surface area (Å²) in [5, 5.41) is 17.5. The lowest BCUT2D eigenvalue weighted by Gasteiger charge is -2.31. The summed E-state index contributed by atoms with van der Waals surface area (Å²) >= 11 is 0. The molecule has 2 fully saturated rings. The SMILES string of the molecule is CC(C)(C)OC(=O)N1CCC/C(=C(/F)CO)C1.CC(C)(C)OC(=O)N1CCC/C(=C(\F)CO)C1. The predicted molar refractivity (Wildman–Crippen MR) is 125 cm³/mol. The van der Waals surface area contributed by atoms with Gasteiger partial charge in [-0.3, -0.25) is 0 Å². The summed E-state index contributed by atoms with van der Waals surface area (Å²) in [6.07, 6.45) is 1.71. The van der Waals surface area contributed by atoms with Gasteiger partial charge in [-0.1, -0.05) is 0 Å². The van der Waals surface area contributed by atoms with E-state index in [1.165, 1.54) is 9.80 Å². The zero-order valence-corrected chi connectivity index (χ0v) is 21.2. The Morgan fingerprint density at radius 3 is 1.35 bits per heavy atom. The van der Waals surface area contributed by atoms with Gasteiger partial charge in [0.2, 0.25) is 0 Å². The number of ether oxygens (including phenoxy) is 2. The molecule has 10 heteroatoms. The molecule has 0 unspecified atom stereocenters. The first kappa shape index (κ1) is 29.8. The van der Waals surface area contributed by atoms with Crippen LogP contribution in [-0.4, -0.2) is 82.8 Å².